The number of likely N-dealkylation sites (N-methyl/N-ethyl adjacent to an activating group) is 1. The van der Waals surface area contributed by atoms with Crippen molar-refractivity contribution in [3.05, 3.63) is 22.3 Å². The average Bonchev–Trinajstić information content (AvgIpc) is 2.21. The van der Waals surface area contributed by atoms with E-state index in [1.807, 2.05) is 40.0 Å². The van der Waals surface area contributed by atoms with Gasteiger partial charge in [0, 0.05) is 18.1 Å². The third-order valence-electron chi connectivity index (χ3n) is 2.28. The van der Waals surface area contributed by atoms with Gasteiger partial charge in [-0.15, -0.1) is 0 Å². The number of aryl methyl sites for hydroxylation is 1. The van der Waals surface area contributed by atoms with Gasteiger partial charge in [-0.05, 0) is 48.8 Å². The maximum absolute atomic E-state index is 5.51. The first-order valence-electron chi connectivity index (χ1n) is 5.46. The lowest BCUT2D eigenvalue weighted by Gasteiger charge is -2.19. The van der Waals surface area contributed by atoms with Crippen LogP contribution in [0.1, 0.15) is 19.5 Å². The van der Waals surface area contributed by atoms with E-state index in [0.717, 1.165) is 29.1 Å². The summed E-state index contributed by atoms with van der Waals surface area (Å²) in [4.78, 5) is 6.59. The number of rotatable bonds is 5. The number of pyridine rings is 1. The summed E-state index contributed by atoms with van der Waals surface area (Å²) in [5.41, 5.74) is 1.01. The van der Waals surface area contributed by atoms with E-state index in [9.17, 15) is 0 Å². The molecule has 1 aromatic heterocycles. The molecule has 90 valence electrons. The molecule has 1 aromatic rings. The first-order valence-corrected chi connectivity index (χ1v) is 6.26. The van der Waals surface area contributed by atoms with Gasteiger partial charge in [0.1, 0.15) is 5.82 Å². The molecule has 0 saturated heterocycles. The molecule has 0 aliphatic heterocycles. The topological polar surface area (TPSA) is 25.4 Å². The highest BCUT2D eigenvalue weighted by Gasteiger charge is 2.04. The SMILES string of the molecule is Cc1nc(N(C)CCOC(C)C)ccc1Br. The smallest absolute Gasteiger partial charge is 0.128 e. The molecule has 1 heterocycles. The van der Waals surface area contributed by atoms with Crippen molar-refractivity contribution in [1.82, 2.24) is 4.98 Å². The molecular weight excluding hydrogens is 268 g/mol. The van der Waals surface area contributed by atoms with Gasteiger partial charge >= 0.3 is 0 Å². The van der Waals surface area contributed by atoms with Gasteiger partial charge in [-0.1, -0.05) is 0 Å². The van der Waals surface area contributed by atoms with Gasteiger partial charge in [0.05, 0.1) is 18.4 Å². The molecule has 4 heteroatoms. The Hall–Kier alpha value is -0.610. The summed E-state index contributed by atoms with van der Waals surface area (Å²) in [5.74, 6) is 0.980. The molecule has 1 rings (SSSR count). The van der Waals surface area contributed by atoms with Crippen molar-refractivity contribution >= 4 is 21.7 Å². The fourth-order valence-electron chi connectivity index (χ4n) is 1.28. The number of ether oxygens (including phenoxy) is 1. The Kier molecular flexibility index (Phi) is 5.22. The summed E-state index contributed by atoms with van der Waals surface area (Å²) in [6.45, 7) is 7.66. The van der Waals surface area contributed by atoms with E-state index < -0.39 is 0 Å². The van der Waals surface area contributed by atoms with Gasteiger partial charge in [0.15, 0.2) is 0 Å². The lowest BCUT2D eigenvalue weighted by atomic mass is 10.3. The quantitative estimate of drug-likeness (QED) is 0.832. The van der Waals surface area contributed by atoms with Crippen molar-refractivity contribution in [2.75, 3.05) is 25.1 Å². The van der Waals surface area contributed by atoms with Gasteiger partial charge in [-0.2, -0.15) is 0 Å². The zero-order valence-corrected chi connectivity index (χ0v) is 11.9. The van der Waals surface area contributed by atoms with Crippen LogP contribution in [0.4, 0.5) is 5.82 Å². The third kappa shape index (κ3) is 4.10. The van der Waals surface area contributed by atoms with Gasteiger partial charge < -0.3 is 9.64 Å². The molecule has 0 saturated carbocycles. The first kappa shape index (κ1) is 13.5. The predicted octanol–water partition coefficient (Wildman–Crippen LogP) is 3.01. The van der Waals surface area contributed by atoms with E-state index in [0.29, 0.717) is 0 Å². The Balaban J connectivity index is 2.52. The molecule has 0 fully saturated rings. The van der Waals surface area contributed by atoms with Crippen LogP contribution in [0.15, 0.2) is 16.6 Å². The van der Waals surface area contributed by atoms with Crippen molar-refractivity contribution in [2.24, 2.45) is 0 Å². The van der Waals surface area contributed by atoms with Crippen LogP contribution in [-0.4, -0.2) is 31.3 Å². The van der Waals surface area contributed by atoms with Crippen LogP contribution in [0.3, 0.4) is 0 Å². The molecule has 0 N–H and O–H groups in total. The van der Waals surface area contributed by atoms with Crippen molar-refractivity contribution in [2.45, 2.75) is 26.9 Å². The molecule has 0 unspecified atom stereocenters. The number of halogens is 1. The average molecular weight is 287 g/mol. The summed E-state index contributed by atoms with van der Waals surface area (Å²) in [6.07, 6.45) is 0.285. The second-order valence-corrected chi connectivity index (χ2v) is 4.93. The van der Waals surface area contributed by atoms with E-state index in [4.69, 9.17) is 4.74 Å². The summed E-state index contributed by atoms with van der Waals surface area (Å²) >= 11 is 3.44. The Morgan fingerprint density at radius 1 is 1.44 bits per heavy atom. The van der Waals surface area contributed by atoms with Crippen LogP contribution in [0, 0.1) is 6.92 Å². The minimum atomic E-state index is 0.285. The number of nitrogens with zero attached hydrogens (tertiary/aromatic N) is 2. The fraction of sp³-hybridized carbons (Fsp3) is 0.583. The second-order valence-electron chi connectivity index (χ2n) is 4.08. The maximum Gasteiger partial charge on any atom is 0.128 e. The molecule has 0 aromatic carbocycles. The van der Waals surface area contributed by atoms with Crippen LogP contribution >= 0.6 is 15.9 Å². The standard InChI is InChI=1S/C12H19BrN2O/c1-9(2)16-8-7-15(4)12-6-5-11(13)10(3)14-12/h5-6,9H,7-8H2,1-4H3. The van der Waals surface area contributed by atoms with E-state index in [1.54, 1.807) is 0 Å². The Labute approximate surface area is 106 Å². The first-order chi connectivity index (χ1) is 7.50. The van der Waals surface area contributed by atoms with Crippen LogP contribution in [0.2, 0.25) is 0 Å². The van der Waals surface area contributed by atoms with Crippen LogP contribution in [0.25, 0.3) is 0 Å². The number of aromatic nitrogens is 1. The van der Waals surface area contributed by atoms with Crippen molar-refractivity contribution in [3.63, 3.8) is 0 Å². The third-order valence-corrected chi connectivity index (χ3v) is 3.11. The molecule has 0 amide bonds. The normalized spacial score (nSPS) is 10.9. The van der Waals surface area contributed by atoms with E-state index in [2.05, 4.69) is 25.8 Å². The molecule has 3 nitrogen and oxygen atoms in total. The number of hydrogen-bond donors (Lipinski definition) is 0. The monoisotopic (exact) mass is 286 g/mol. The Bertz CT molecular complexity index is 342. The predicted molar refractivity (Wildman–Crippen MR) is 71.0 cm³/mol. The minimum absolute atomic E-state index is 0.285. The van der Waals surface area contributed by atoms with Crippen LogP contribution in [0.5, 0.6) is 0 Å². The Morgan fingerprint density at radius 2 is 2.12 bits per heavy atom. The van der Waals surface area contributed by atoms with Gasteiger partial charge in [0.2, 0.25) is 0 Å². The summed E-state index contributed by atoms with van der Waals surface area (Å²) in [6, 6.07) is 4.03. The number of anilines is 1. The molecule has 0 aliphatic carbocycles. The van der Waals surface area contributed by atoms with Crippen molar-refractivity contribution < 1.29 is 4.74 Å². The van der Waals surface area contributed by atoms with E-state index in [-0.39, 0.29) is 6.10 Å². The van der Waals surface area contributed by atoms with Gasteiger partial charge in [0.25, 0.3) is 0 Å². The molecule has 0 spiro atoms. The Morgan fingerprint density at radius 3 is 2.69 bits per heavy atom. The van der Waals surface area contributed by atoms with Gasteiger partial charge in [-0.3, -0.25) is 0 Å². The summed E-state index contributed by atoms with van der Waals surface area (Å²) in [5, 5.41) is 0. The molecule has 0 radical (unpaired) electrons. The van der Waals surface area contributed by atoms with Crippen LogP contribution in [-0.2, 0) is 4.74 Å². The lowest BCUT2D eigenvalue weighted by Crippen LogP contribution is -2.24. The van der Waals surface area contributed by atoms with Crippen molar-refractivity contribution in [1.29, 1.82) is 0 Å². The van der Waals surface area contributed by atoms with Crippen LogP contribution < -0.4 is 4.90 Å². The molecular formula is C12H19BrN2O. The molecule has 0 aliphatic rings. The minimum Gasteiger partial charge on any atom is -0.377 e. The zero-order valence-electron chi connectivity index (χ0n) is 10.3. The highest BCUT2D eigenvalue weighted by atomic mass is 79.9. The largest absolute Gasteiger partial charge is 0.377 e. The lowest BCUT2D eigenvalue weighted by molar-refractivity contribution is 0.0845. The number of hydrogen-bond acceptors (Lipinski definition) is 3. The fourth-order valence-corrected chi connectivity index (χ4v) is 1.50. The second kappa shape index (κ2) is 6.21. The summed E-state index contributed by atoms with van der Waals surface area (Å²) < 4.78 is 6.55. The van der Waals surface area contributed by atoms with E-state index in [1.165, 1.54) is 0 Å². The maximum atomic E-state index is 5.51. The highest BCUT2D eigenvalue weighted by molar-refractivity contribution is 9.10. The van der Waals surface area contributed by atoms with Crippen molar-refractivity contribution in [3.8, 4) is 0 Å². The molecule has 0 bridgehead atoms. The zero-order chi connectivity index (χ0) is 12.1. The summed E-state index contributed by atoms with van der Waals surface area (Å²) in [7, 11) is 2.03. The van der Waals surface area contributed by atoms with E-state index >= 15 is 0 Å². The molecule has 16 heavy (non-hydrogen) atoms. The van der Waals surface area contributed by atoms with Gasteiger partial charge in [-0.25, -0.2) is 4.98 Å². The highest BCUT2D eigenvalue weighted by Crippen LogP contribution is 2.18. The molecule has 0 atom stereocenters.